The second-order valence-corrected chi connectivity index (χ2v) is 5.89. The maximum absolute atomic E-state index is 5.90. The minimum atomic E-state index is 0.369. The zero-order chi connectivity index (χ0) is 12.1. The molecule has 2 N–H and O–H groups in total. The Morgan fingerprint density at radius 1 is 1.38 bits per heavy atom. The second kappa shape index (κ2) is 6.38. The van der Waals surface area contributed by atoms with E-state index < -0.39 is 0 Å². The van der Waals surface area contributed by atoms with E-state index >= 15 is 0 Å². The molecule has 2 nitrogen and oxygen atoms in total. The van der Waals surface area contributed by atoms with Crippen molar-refractivity contribution in [3.05, 3.63) is 22.4 Å². The van der Waals surface area contributed by atoms with E-state index in [1.54, 1.807) is 11.3 Å². The van der Waals surface area contributed by atoms with E-state index in [0.29, 0.717) is 18.6 Å². The zero-order valence-electron chi connectivity index (χ0n) is 10.8. The van der Waals surface area contributed by atoms with E-state index in [0.717, 1.165) is 5.92 Å². The summed E-state index contributed by atoms with van der Waals surface area (Å²) in [6.07, 6.45) is 1.22. The number of likely N-dealkylation sites (N-methyl/N-ethyl adjacent to an activating group) is 1. The van der Waals surface area contributed by atoms with Gasteiger partial charge in [0.1, 0.15) is 0 Å². The Morgan fingerprint density at radius 3 is 2.50 bits per heavy atom. The molecule has 92 valence electrons. The van der Waals surface area contributed by atoms with Crippen molar-refractivity contribution >= 4 is 11.3 Å². The molecule has 0 amide bonds. The number of nitrogens with two attached hydrogens (primary N) is 1. The van der Waals surface area contributed by atoms with Crippen LogP contribution in [0.25, 0.3) is 0 Å². The predicted octanol–water partition coefficient (Wildman–Crippen LogP) is 3.11. The fourth-order valence-corrected chi connectivity index (χ4v) is 3.01. The molecule has 0 spiro atoms. The average Bonchev–Trinajstić information content (AvgIpc) is 2.71. The summed E-state index contributed by atoms with van der Waals surface area (Å²) in [5, 5.41) is 2.12. The third-order valence-electron chi connectivity index (χ3n) is 3.09. The third-order valence-corrected chi connectivity index (χ3v) is 4.07. The van der Waals surface area contributed by atoms with Gasteiger partial charge in [0.2, 0.25) is 0 Å². The Bertz CT molecular complexity index is 282. The summed E-state index contributed by atoms with van der Waals surface area (Å²) in [5.41, 5.74) is 5.90. The normalized spacial score (nSPS) is 15.7. The first kappa shape index (κ1) is 13.7. The molecule has 3 heteroatoms. The molecule has 0 aliphatic heterocycles. The van der Waals surface area contributed by atoms with Crippen LogP contribution in [0.1, 0.15) is 38.1 Å². The van der Waals surface area contributed by atoms with Gasteiger partial charge in [-0.1, -0.05) is 19.9 Å². The van der Waals surface area contributed by atoms with E-state index in [9.17, 15) is 0 Å². The maximum Gasteiger partial charge on any atom is 0.0564 e. The molecule has 1 aromatic rings. The van der Waals surface area contributed by atoms with E-state index in [-0.39, 0.29) is 0 Å². The van der Waals surface area contributed by atoms with Gasteiger partial charge in [-0.15, -0.1) is 11.3 Å². The van der Waals surface area contributed by atoms with Crippen LogP contribution in [0.15, 0.2) is 17.5 Å². The first-order valence-electron chi connectivity index (χ1n) is 6.01. The van der Waals surface area contributed by atoms with Crippen LogP contribution in [0.2, 0.25) is 0 Å². The highest BCUT2D eigenvalue weighted by molar-refractivity contribution is 7.10. The topological polar surface area (TPSA) is 29.3 Å². The molecule has 0 fully saturated rings. The van der Waals surface area contributed by atoms with Crippen molar-refractivity contribution in [1.29, 1.82) is 0 Å². The maximum atomic E-state index is 5.90. The van der Waals surface area contributed by atoms with Gasteiger partial charge in [-0.05, 0) is 37.8 Å². The molecule has 0 saturated carbocycles. The molecule has 1 heterocycles. The Hall–Kier alpha value is -0.380. The lowest BCUT2D eigenvalue weighted by atomic mass is 10.0. The number of hydrogen-bond acceptors (Lipinski definition) is 3. The van der Waals surface area contributed by atoms with Gasteiger partial charge in [0.15, 0.2) is 0 Å². The first-order valence-corrected chi connectivity index (χ1v) is 6.89. The van der Waals surface area contributed by atoms with E-state index in [1.165, 1.54) is 11.3 Å². The zero-order valence-corrected chi connectivity index (χ0v) is 11.6. The Balaban J connectivity index is 2.66. The summed E-state index contributed by atoms with van der Waals surface area (Å²) >= 11 is 1.80. The lowest BCUT2D eigenvalue weighted by Crippen LogP contribution is -2.37. The number of rotatable bonds is 6. The van der Waals surface area contributed by atoms with Gasteiger partial charge >= 0.3 is 0 Å². The molecule has 0 bridgehead atoms. The monoisotopic (exact) mass is 240 g/mol. The smallest absolute Gasteiger partial charge is 0.0564 e. The summed E-state index contributed by atoms with van der Waals surface area (Å²) in [6, 6.07) is 5.23. The third kappa shape index (κ3) is 3.58. The van der Waals surface area contributed by atoms with Crippen LogP contribution in [-0.4, -0.2) is 24.5 Å². The van der Waals surface area contributed by atoms with E-state index in [1.807, 2.05) is 0 Å². The first-order chi connectivity index (χ1) is 7.56. The quantitative estimate of drug-likeness (QED) is 0.828. The van der Waals surface area contributed by atoms with Gasteiger partial charge in [-0.2, -0.15) is 0 Å². The number of hydrogen-bond donors (Lipinski definition) is 1. The largest absolute Gasteiger partial charge is 0.329 e. The molecule has 0 aliphatic carbocycles. The lowest BCUT2D eigenvalue weighted by Gasteiger charge is -2.32. The second-order valence-electron chi connectivity index (χ2n) is 4.91. The Labute approximate surface area is 103 Å². The van der Waals surface area contributed by atoms with E-state index in [4.69, 9.17) is 5.73 Å². The van der Waals surface area contributed by atoms with Gasteiger partial charge < -0.3 is 5.73 Å². The van der Waals surface area contributed by atoms with Crippen LogP contribution < -0.4 is 5.73 Å². The Morgan fingerprint density at radius 2 is 2.06 bits per heavy atom. The highest BCUT2D eigenvalue weighted by Gasteiger charge is 2.21. The molecule has 2 unspecified atom stereocenters. The Kier molecular flexibility index (Phi) is 5.46. The highest BCUT2D eigenvalue weighted by atomic mass is 32.1. The van der Waals surface area contributed by atoms with Crippen LogP contribution in [0.3, 0.4) is 0 Å². The van der Waals surface area contributed by atoms with Crippen molar-refractivity contribution in [3.8, 4) is 0 Å². The van der Waals surface area contributed by atoms with Gasteiger partial charge in [-0.25, -0.2) is 0 Å². The highest BCUT2D eigenvalue weighted by Crippen LogP contribution is 2.26. The van der Waals surface area contributed by atoms with Crippen molar-refractivity contribution in [1.82, 2.24) is 4.90 Å². The molecule has 0 saturated heterocycles. The average molecular weight is 240 g/mol. The van der Waals surface area contributed by atoms with Crippen molar-refractivity contribution in [2.45, 2.75) is 39.3 Å². The molecule has 1 rings (SSSR count). The predicted molar refractivity (Wildman–Crippen MR) is 72.8 cm³/mol. The molecular weight excluding hydrogens is 216 g/mol. The van der Waals surface area contributed by atoms with E-state index in [2.05, 4.69) is 50.2 Å². The fourth-order valence-electron chi connectivity index (χ4n) is 2.12. The van der Waals surface area contributed by atoms with Gasteiger partial charge in [0.25, 0.3) is 0 Å². The summed E-state index contributed by atoms with van der Waals surface area (Å²) < 4.78 is 0. The summed E-state index contributed by atoms with van der Waals surface area (Å²) in [7, 11) is 2.18. The van der Waals surface area contributed by atoms with Gasteiger partial charge in [0.05, 0.1) is 6.04 Å². The summed E-state index contributed by atoms with van der Waals surface area (Å²) in [4.78, 5) is 3.78. The van der Waals surface area contributed by atoms with Crippen molar-refractivity contribution in [2.24, 2.45) is 11.7 Å². The van der Waals surface area contributed by atoms with Crippen molar-refractivity contribution < 1.29 is 0 Å². The minimum Gasteiger partial charge on any atom is -0.329 e. The minimum absolute atomic E-state index is 0.369. The standard InChI is InChI=1S/C13H24N2S/c1-10(2)8-11(3)15(4)12(9-14)13-6-5-7-16-13/h5-7,10-12H,8-9,14H2,1-4H3. The number of nitrogens with zero attached hydrogens (tertiary/aromatic N) is 1. The molecular formula is C13H24N2S. The SMILES string of the molecule is CC(C)CC(C)N(C)C(CN)c1cccs1. The van der Waals surface area contributed by atoms with Crippen LogP contribution in [0.5, 0.6) is 0 Å². The fraction of sp³-hybridized carbons (Fsp3) is 0.692. The van der Waals surface area contributed by atoms with Crippen molar-refractivity contribution in [3.63, 3.8) is 0 Å². The van der Waals surface area contributed by atoms with Crippen LogP contribution in [0, 0.1) is 5.92 Å². The molecule has 0 radical (unpaired) electrons. The lowest BCUT2D eigenvalue weighted by molar-refractivity contribution is 0.171. The van der Waals surface area contributed by atoms with Crippen LogP contribution >= 0.6 is 11.3 Å². The molecule has 1 aromatic heterocycles. The van der Waals surface area contributed by atoms with Crippen LogP contribution in [0.4, 0.5) is 0 Å². The molecule has 2 atom stereocenters. The number of thiophene rings is 1. The van der Waals surface area contributed by atoms with Crippen molar-refractivity contribution in [2.75, 3.05) is 13.6 Å². The summed E-state index contributed by atoms with van der Waals surface area (Å²) in [5.74, 6) is 0.735. The molecule has 16 heavy (non-hydrogen) atoms. The molecule has 0 aliphatic rings. The molecule has 0 aromatic carbocycles. The van der Waals surface area contributed by atoms with Gasteiger partial charge in [0, 0.05) is 17.5 Å². The summed E-state index contributed by atoms with van der Waals surface area (Å²) in [6.45, 7) is 7.52. The van der Waals surface area contributed by atoms with Crippen LogP contribution in [-0.2, 0) is 0 Å². The van der Waals surface area contributed by atoms with Gasteiger partial charge in [-0.3, -0.25) is 4.90 Å².